The molecule has 0 saturated heterocycles. The van der Waals surface area contributed by atoms with Crippen molar-refractivity contribution in [1.29, 1.82) is 5.26 Å². The van der Waals surface area contributed by atoms with Gasteiger partial charge in [-0.15, -0.1) is 0 Å². The van der Waals surface area contributed by atoms with E-state index in [1.807, 2.05) is 55.5 Å². The number of pyridine rings is 1. The van der Waals surface area contributed by atoms with E-state index in [4.69, 9.17) is 0 Å². The van der Waals surface area contributed by atoms with Gasteiger partial charge in [-0.25, -0.2) is 9.37 Å². The molecule has 0 aliphatic heterocycles. The summed E-state index contributed by atoms with van der Waals surface area (Å²) in [4.78, 5) is 16.0. The number of halogens is 1. The van der Waals surface area contributed by atoms with Crippen molar-refractivity contribution < 1.29 is 14.3 Å². The summed E-state index contributed by atoms with van der Waals surface area (Å²) in [5.41, 5.74) is 5.26. The topological polar surface area (TPSA) is 86.0 Å². The van der Waals surface area contributed by atoms with Gasteiger partial charge in [0.1, 0.15) is 23.5 Å². The van der Waals surface area contributed by atoms with Crippen LogP contribution in [0.4, 0.5) is 10.1 Å². The van der Waals surface area contributed by atoms with Crippen LogP contribution in [0.5, 0.6) is 0 Å². The minimum atomic E-state index is -1.08. The SMILES string of the molecule is Cc1ccc(-c2ccc(-c3nc4ccc(F)cc4c(NC(C)C(=O)O)c3C#N)cc2)cc1. The number of aromatic nitrogens is 1. The molecule has 4 rings (SSSR count). The molecule has 1 heterocycles. The number of nitrogens with one attached hydrogen (secondary N) is 1. The zero-order chi connectivity index (χ0) is 22.8. The van der Waals surface area contributed by atoms with Gasteiger partial charge < -0.3 is 10.4 Å². The average Bonchev–Trinajstić information content (AvgIpc) is 2.79. The lowest BCUT2D eigenvalue weighted by atomic mass is 9.98. The fourth-order valence-corrected chi connectivity index (χ4v) is 3.55. The Morgan fingerprint density at radius 2 is 1.62 bits per heavy atom. The summed E-state index contributed by atoms with van der Waals surface area (Å²) in [6.45, 7) is 3.50. The minimum Gasteiger partial charge on any atom is -0.480 e. The van der Waals surface area contributed by atoms with Crippen LogP contribution in [0.2, 0.25) is 0 Å². The maximum Gasteiger partial charge on any atom is 0.325 e. The standard InChI is InChI=1S/C26H20FN3O2/c1-15-3-5-17(6-4-15)18-7-9-19(10-8-18)24-22(14-28)25(29-16(2)26(31)32)21-13-20(27)11-12-23(21)30-24/h3-13,16H,1-2H3,(H,29,30)(H,31,32). The first-order chi connectivity index (χ1) is 15.4. The number of nitriles is 1. The molecule has 5 nitrogen and oxygen atoms in total. The van der Waals surface area contributed by atoms with Gasteiger partial charge in [0.15, 0.2) is 0 Å². The van der Waals surface area contributed by atoms with Crippen LogP contribution >= 0.6 is 0 Å². The Morgan fingerprint density at radius 3 is 2.22 bits per heavy atom. The number of benzene rings is 3. The lowest BCUT2D eigenvalue weighted by molar-refractivity contribution is -0.137. The fourth-order valence-electron chi connectivity index (χ4n) is 3.55. The van der Waals surface area contributed by atoms with E-state index in [9.17, 15) is 19.6 Å². The molecular weight excluding hydrogens is 405 g/mol. The summed E-state index contributed by atoms with van der Waals surface area (Å²) in [5, 5.41) is 22.5. The van der Waals surface area contributed by atoms with Crippen molar-refractivity contribution in [3.05, 3.63) is 83.7 Å². The van der Waals surface area contributed by atoms with Crippen molar-refractivity contribution in [2.24, 2.45) is 0 Å². The molecule has 0 spiro atoms. The number of aliphatic carboxylic acids is 1. The number of carboxylic acid groups (broad SMARTS) is 1. The number of nitrogens with zero attached hydrogens (tertiary/aromatic N) is 2. The number of carbonyl (C=O) groups is 1. The molecule has 158 valence electrons. The highest BCUT2D eigenvalue weighted by molar-refractivity contribution is 5.99. The molecule has 0 amide bonds. The lowest BCUT2D eigenvalue weighted by Crippen LogP contribution is -2.26. The second-order valence-electron chi connectivity index (χ2n) is 7.63. The van der Waals surface area contributed by atoms with Crippen molar-refractivity contribution in [3.63, 3.8) is 0 Å². The maximum absolute atomic E-state index is 13.9. The largest absolute Gasteiger partial charge is 0.480 e. The predicted molar refractivity (Wildman–Crippen MR) is 123 cm³/mol. The van der Waals surface area contributed by atoms with Crippen molar-refractivity contribution in [2.45, 2.75) is 19.9 Å². The van der Waals surface area contributed by atoms with Crippen molar-refractivity contribution in [2.75, 3.05) is 5.32 Å². The lowest BCUT2D eigenvalue weighted by Gasteiger charge is -2.17. The summed E-state index contributed by atoms with van der Waals surface area (Å²) in [7, 11) is 0. The molecule has 1 aromatic heterocycles. The molecule has 0 aliphatic carbocycles. The Morgan fingerprint density at radius 1 is 1.03 bits per heavy atom. The van der Waals surface area contributed by atoms with Gasteiger partial charge in [-0.2, -0.15) is 5.26 Å². The summed E-state index contributed by atoms with van der Waals surface area (Å²) in [5.74, 6) is -1.58. The molecule has 32 heavy (non-hydrogen) atoms. The van der Waals surface area contributed by atoms with Gasteiger partial charge in [0.25, 0.3) is 0 Å². The number of anilines is 1. The molecule has 3 aromatic carbocycles. The fraction of sp³-hybridized carbons (Fsp3) is 0.115. The second kappa shape index (κ2) is 8.48. The number of hydrogen-bond acceptors (Lipinski definition) is 4. The average molecular weight is 425 g/mol. The smallest absolute Gasteiger partial charge is 0.325 e. The number of aryl methyl sites for hydroxylation is 1. The van der Waals surface area contributed by atoms with Crippen LogP contribution in [-0.4, -0.2) is 22.1 Å². The summed E-state index contributed by atoms with van der Waals surface area (Å²) in [6, 6.07) is 21.0. The third kappa shape index (κ3) is 4.01. The van der Waals surface area contributed by atoms with Crippen LogP contribution in [0.15, 0.2) is 66.7 Å². The monoisotopic (exact) mass is 425 g/mol. The number of rotatable bonds is 5. The summed E-state index contributed by atoms with van der Waals surface area (Å²) < 4.78 is 13.9. The van der Waals surface area contributed by atoms with E-state index in [1.54, 1.807) is 0 Å². The molecule has 1 unspecified atom stereocenters. The molecule has 2 N–H and O–H groups in total. The van der Waals surface area contributed by atoms with Gasteiger partial charge >= 0.3 is 5.97 Å². The molecule has 0 aliphatic rings. The molecule has 1 atom stereocenters. The Balaban J connectivity index is 1.87. The Kier molecular flexibility index (Phi) is 5.57. The van der Waals surface area contributed by atoms with Crippen LogP contribution in [-0.2, 0) is 4.79 Å². The van der Waals surface area contributed by atoms with Gasteiger partial charge in [0.2, 0.25) is 0 Å². The number of hydrogen-bond donors (Lipinski definition) is 2. The highest BCUT2D eigenvalue weighted by Crippen LogP contribution is 2.35. The van der Waals surface area contributed by atoms with E-state index in [2.05, 4.69) is 16.4 Å². The van der Waals surface area contributed by atoms with E-state index in [-0.39, 0.29) is 11.3 Å². The predicted octanol–water partition coefficient (Wildman–Crippen LogP) is 5.77. The molecule has 0 saturated carbocycles. The van der Waals surface area contributed by atoms with Crippen LogP contribution in [0.3, 0.4) is 0 Å². The van der Waals surface area contributed by atoms with Crippen molar-refractivity contribution in [1.82, 2.24) is 4.98 Å². The second-order valence-corrected chi connectivity index (χ2v) is 7.63. The zero-order valence-corrected chi connectivity index (χ0v) is 17.6. The Bertz CT molecular complexity index is 1360. The first-order valence-corrected chi connectivity index (χ1v) is 10.1. The first kappa shape index (κ1) is 21.0. The van der Waals surface area contributed by atoms with E-state index in [0.29, 0.717) is 22.2 Å². The van der Waals surface area contributed by atoms with E-state index >= 15 is 0 Å². The normalized spacial score (nSPS) is 11.7. The minimum absolute atomic E-state index is 0.166. The zero-order valence-electron chi connectivity index (χ0n) is 17.6. The molecule has 0 bridgehead atoms. The van der Waals surface area contributed by atoms with Gasteiger partial charge in [-0.3, -0.25) is 4.79 Å². The first-order valence-electron chi connectivity index (χ1n) is 10.1. The molecular formula is C26H20FN3O2. The number of fused-ring (bicyclic) bond motifs is 1. The van der Waals surface area contributed by atoms with Crippen LogP contribution in [0.25, 0.3) is 33.3 Å². The summed E-state index contributed by atoms with van der Waals surface area (Å²) >= 11 is 0. The van der Waals surface area contributed by atoms with Crippen LogP contribution in [0.1, 0.15) is 18.1 Å². The molecule has 6 heteroatoms. The van der Waals surface area contributed by atoms with Crippen molar-refractivity contribution >= 4 is 22.6 Å². The number of carboxylic acids is 1. The Labute approximate surface area is 184 Å². The quantitative estimate of drug-likeness (QED) is 0.424. The Hall–Kier alpha value is -4.24. The molecule has 0 fully saturated rings. The van der Waals surface area contributed by atoms with Crippen LogP contribution < -0.4 is 5.32 Å². The van der Waals surface area contributed by atoms with E-state index in [1.165, 1.54) is 30.7 Å². The maximum atomic E-state index is 13.9. The summed E-state index contributed by atoms with van der Waals surface area (Å²) in [6.07, 6.45) is 0. The van der Waals surface area contributed by atoms with E-state index < -0.39 is 17.8 Å². The third-order valence-electron chi connectivity index (χ3n) is 5.33. The van der Waals surface area contributed by atoms with Gasteiger partial charge in [0, 0.05) is 10.9 Å². The highest BCUT2D eigenvalue weighted by atomic mass is 19.1. The molecule has 4 aromatic rings. The van der Waals surface area contributed by atoms with Gasteiger partial charge in [0.05, 0.1) is 16.9 Å². The van der Waals surface area contributed by atoms with Gasteiger partial charge in [-0.1, -0.05) is 54.1 Å². The van der Waals surface area contributed by atoms with Crippen molar-refractivity contribution in [3.8, 4) is 28.5 Å². The third-order valence-corrected chi connectivity index (χ3v) is 5.33. The van der Waals surface area contributed by atoms with Gasteiger partial charge in [-0.05, 0) is 43.2 Å². The van der Waals surface area contributed by atoms with Crippen LogP contribution in [0, 0.1) is 24.1 Å². The molecule has 0 radical (unpaired) electrons. The highest BCUT2D eigenvalue weighted by Gasteiger charge is 2.20. The van der Waals surface area contributed by atoms with E-state index in [0.717, 1.165) is 11.1 Å².